The summed E-state index contributed by atoms with van der Waals surface area (Å²) < 4.78 is 0. The zero-order chi connectivity index (χ0) is 15.3. The van der Waals surface area contributed by atoms with Crippen LogP contribution < -0.4 is 4.90 Å². The van der Waals surface area contributed by atoms with Gasteiger partial charge in [-0.15, -0.1) is 0 Å². The van der Waals surface area contributed by atoms with Crippen LogP contribution >= 0.6 is 0 Å². The number of amides is 2. The highest BCUT2D eigenvalue weighted by Gasteiger charge is 2.71. The van der Waals surface area contributed by atoms with Crippen LogP contribution in [0.1, 0.15) is 12.0 Å². The zero-order valence-electron chi connectivity index (χ0n) is 11.7. The lowest BCUT2D eigenvalue weighted by Gasteiger charge is -2.38. The molecule has 0 spiro atoms. The predicted molar refractivity (Wildman–Crippen MR) is 80.2 cm³/mol. The van der Waals surface area contributed by atoms with Gasteiger partial charge >= 0.3 is 0 Å². The number of para-hydroxylation sites is 1. The average Bonchev–Trinajstić information content (AvgIpc) is 2.72. The lowest BCUT2D eigenvalue weighted by atomic mass is 9.57. The second-order valence-electron chi connectivity index (χ2n) is 5.67. The Kier molecular flexibility index (Phi) is 2.57. The van der Waals surface area contributed by atoms with Crippen molar-refractivity contribution in [3.05, 3.63) is 66.2 Å². The van der Waals surface area contributed by atoms with E-state index in [4.69, 9.17) is 0 Å². The highest BCUT2D eigenvalue weighted by atomic mass is 16.2. The molecule has 2 unspecified atom stereocenters. The van der Waals surface area contributed by atoms with Crippen LogP contribution in [0.2, 0.25) is 0 Å². The molecule has 1 aliphatic carbocycles. The molecule has 0 bridgehead atoms. The molecular formula is C18H13NO3. The molecule has 2 fully saturated rings. The van der Waals surface area contributed by atoms with Gasteiger partial charge in [-0.1, -0.05) is 48.5 Å². The Hall–Kier alpha value is -2.75. The van der Waals surface area contributed by atoms with Crippen molar-refractivity contribution >= 4 is 23.3 Å². The topological polar surface area (TPSA) is 54.5 Å². The van der Waals surface area contributed by atoms with Crippen LogP contribution in [-0.4, -0.2) is 17.6 Å². The number of imide groups is 1. The van der Waals surface area contributed by atoms with Gasteiger partial charge in [-0.3, -0.25) is 14.4 Å². The van der Waals surface area contributed by atoms with E-state index < -0.39 is 17.2 Å². The molecule has 2 atom stereocenters. The van der Waals surface area contributed by atoms with Crippen molar-refractivity contribution in [1.82, 2.24) is 0 Å². The number of Topliss-reactive ketones (excluding diaryl/α,β-unsaturated/α-hetero) is 1. The summed E-state index contributed by atoms with van der Waals surface area (Å²) in [4.78, 5) is 39.2. The Bertz CT molecular complexity index is 784. The highest BCUT2D eigenvalue weighted by molar-refractivity contribution is 6.37. The van der Waals surface area contributed by atoms with Crippen LogP contribution in [0.25, 0.3) is 0 Å². The fourth-order valence-corrected chi connectivity index (χ4v) is 3.54. The molecule has 0 radical (unpaired) electrons. The summed E-state index contributed by atoms with van der Waals surface area (Å²) in [6.07, 6.45) is 0.142. The quantitative estimate of drug-likeness (QED) is 0.629. The Labute approximate surface area is 127 Å². The largest absolute Gasteiger partial charge is 0.298 e. The fraction of sp³-hybridized carbons (Fsp3) is 0.167. The lowest BCUT2D eigenvalue weighted by Crippen LogP contribution is -2.56. The predicted octanol–water partition coefficient (Wildman–Crippen LogP) is 2.09. The standard InChI is InChI=1S/C18H13NO3/c20-15-11-14-16(21)19(13-9-5-2-6-10-13)17(22)18(14,15)12-7-3-1-4-8-12/h1-10,14H,11H2. The number of fused-ring (bicyclic) bond motifs is 1. The number of hydrogen-bond acceptors (Lipinski definition) is 3. The molecule has 2 aromatic carbocycles. The summed E-state index contributed by atoms with van der Waals surface area (Å²) in [7, 11) is 0. The Balaban J connectivity index is 1.88. The first kappa shape index (κ1) is 13.0. The maximum atomic E-state index is 13.0. The highest BCUT2D eigenvalue weighted by Crippen LogP contribution is 2.53. The van der Waals surface area contributed by atoms with Gasteiger partial charge in [0, 0.05) is 6.42 Å². The number of hydrogen-bond donors (Lipinski definition) is 0. The zero-order valence-corrected chi connectivity index (χ0v) is 11.7. The summed E-state index contributed by atoms with van der Waals surface area (Å²) in [5.74, 6) is -1.44. The van der Waals surface area contributed by atoms with Crippen molar-refractivity contribution in [1.29, 1.82) is 0 Å². The first-order chi connectivity index (χ1) is 10.7. The summed E-state index contributed by atoms with van der Waals surface area (Å²) in [5, 5.41) is 0. The molecule has 22 heavy (non-hydrogen) atoms. The van der Waals surface area contributed by atoms with Crippen LogP contribution in [0.5, 0.6) is 0 Å². The van der Waals surface area contributed by atoms with E-state index in [0.717, 1.165) is 0 Å². The van der Waals surface area contributed by atoms with Gasteiger partial charge in [0.15, 0.2) is 5.78 Å². The molecular weight excluding hydrogens is 278 g/mol. The lowest BCUT2D eigenvalue weighted by molar-refractivity contribution is -0.146. The summed E-state index contributed by atoms with van der Waals surface area (Å²) in [6, 6.07) is 17.7. The minimum Gasteiger partial charge on any atom is -0.298 e. The fourth-order valence-electron chi connectivity index (χ4n) is 3.54. The van der Waals surface area contributed by atoms with Crippen molar-refractivity contribution in [2.24, 2.45) is 5.92 Å². The molecule has 0 aromatic heterocycles. The molecule has 2 aliphatic rings. The molecule has 1 saturated heterocycles. The first-order valence-corrected chi connectivity index (χ1v) is 7.19. The van der Waals surface area contributed by atoms with E-state index in [1.54, 1.807) is 48.5 Å². The number of carbonyl (C=O) groups excluding carboxylic acids is 3. The summed E-state index contributed by atoms with van der Waals surface area (Å²) in [5.41, 5.74) is -0.170. The number of benzene rings is 2. The van der Waals surface area contributed by atoms with Crippen LogP contribution in [-0.2, 0) is 19.8 Å². The molecule has 4 heteroatoms. The van der Waals surface area contributed by atoms with Crippen LogP contribution in [0.15, 0.2) is 60.7 Å². The molecule has 108 valence electrons. The molecule has 2 amide bonds. The number of rotatable bonds is 2. The van der Waals surface area contributed by atoms with Gasteiger partial charge in [-0.25, -0.2) is 4.90 Å². The van der Waals surface area contributed by atoms with Crippen molar-refractivity contribution < 1.29 is 14.4 Å². The van der Waals surface area contributed by atoms with Crippen molar-refractivity contribution in [3.8, 4) is 0 Å². The maximum absolute atomic E-state index is 13.0. The van der Waals surface area contributed by atoms with E-state index in [-0.39, 0.29) is 18.1 Å². The molecule has 4 rings (SSSR count). The van der Waals surface area contributed by atoms with E-state index in [1.165, 1.54) is 4.90 Å². The number of carbonyl (C=O) groups is 3. The van der Waals surface area contributed by atoms with Gasteiger partial charge in [0.05, 0.1) is 11.6 Å². The van der Waals surface area contributed by atoms with Crippen molar-refractivity contribution in [3.63, 3.8) is 0 Å². The van der Waals surface area contributed by atoms with Gasteiger partial charge < -0.3 is 0 Å². The van der Waals surface area contributed by atoms with E-state index in [0.29, 0.717) is 11.3 Å². The molecule has 1 aliphatic heterocycles. The molecule has 4 nitrogen and oxygen atoms in total. The van der Waals surface area contributed by atoms with Crippen LogP contribution in [0, 0.1) is 5.92 Å². The smallest absolute Gasteiger partial charge is 0.252 e. The maximum Gasteiger partial charge on any atom is 0.252 e. The number of nitrogens with zero attached hydrogens (tertiary/aromatic N) is 1. The SMILES string of the molecule is O=C1C2CC(=O)C2(c2ccccc2)C(=O)N1c1ccccc1. The van der Waals surface area contributed by atoms with E-state index in [9.17, 15) is 14.4 Å². The third-order valence-corrected chi connectivity index (χ3v) is 4.65. The third kappa shape index (κ3) is 1.39. The number of ketones is 1. The van der Waals surface area contributed by atoms with Crippen molar-refractivity contribution in [2.45, 2.75) is 11.8 Å². The van der Waals surface area contributed by atoms with E-state index in [2.05, 4.69) is 0 Å². The van der Waals surface area contributed by atoms with Crippen LogP contribution in [0.4, 0.5) is 5.69 Å². The number of anilines is 1. The summed E-state index contributed by atoms with van der Waals surface area (Å²) in [6.45, 7) is 0. The minimum absolute atomic E-state index is 0.142. The second kappa shape index (κ2) is 4.37. The second-order valence-corrected chi connectivity index (χ2v) is 5.67. The Morgan fingerprint density at radius 3 is 2.05 bits per heavy atom. The summed E-state index contributed by atoms with van der Waals surface area (Å²) >= 11 is 0. The molecule has 1 heterocycles. The monoisotopic (exact) mass is 291 g/mol. The van der Waals surface area contributed by atoms with Gasteiger partial charge in [0.2, 0.25) is 5.91 Å². The minimum atomic E-state index is -1.31. The van der Waals surface area contributed by atoms with Gasteiger partial charge in [0.1, 0.15) is 5.41 Å². The normalized spacial score (nSPS) is 26.8. The molecule has 2 aromatic rings. The van der Waals surface area contributed by atoms with Gasteiger partial charge in [0.25, 0.3) is 5.91 Å². The Morgan fingerprint density at radius 2 is 1.45 bits per heavy atom. The Morgan fingerprint density at radius 1 is 0.864 bits per heavy atom. The third-order valence-electron chi connectivity index (χ3n) is 4.65. The van der Waals surface area contributed by atoms with E-state index >= 15 is 0 Å². The first-order valence-electron chi connectivity index (χ1n) is 7.19. The van der Waals surface area contributed by atoms with Crippen molar-refractivity contribution in [2.75, 3.05) is 4.90 Å². The van der Waals surface area contributed by atoms with Crippen LogP contribution in [0.3, 0.4) is 0 Å². The van der Waals surface area contributed by atoms with Gasteiger partial charge in [-0.05, 0) is 17.7 Å². The average molecular weight is 291 g/mol. The van der Waals surface area contributed by atoms with Gasteiger partial charge in [-0.2, -0.15) is 0 Å². The molecule has 1 saturated carbocycles. The molecule has 0 N–H and O–H groups in total. The van der Waals surface area contributed by atoms with E-state index in [1.807, 2.05) is 12.1 Å².